The van der Waals surface area contributed by atoms with Crippen LogP contribution < -0.4 is 10.6 Å². The molecule has 1 atom stereocenters. The lowest BCUT2D eigenvalue weighted by molar-refractivity contribution is -0.129. The number of nitrogens with zero attached hydrogens (tertiary/aromatic N) is 2. The summed E-state index contributed by atoms with van der Waals surface area (Å²) in [5, 5.41) is 8.77. The number of rotatable bonds is 5. The number of nitrogens with one attached hydrogen (secondary N) is 2. The summed E-state index contributed by atoms with van der Waals surface area (Å²) in [6.07, 6.45) is 1.56. The van der Waals surface area contributed by atoms with Crippen LogP contribution in [0.1, 0.15) is 31.6 Å². The number of likely N-dealkylation sites (tertiary alicyclic amines) is 1. The average molecular weight is 308 g/mol. The highest BCUT2D eigenvalue weighted by molar-refractivity contribution is 7.09. The van der Waals surface area contributed by atoms with Gasteiger partial charge in [-0.05, 0) is 24.8 Å². The summed E-state index contributed by atoms with van der Waals surface area (Å²) in [6, 6.07) is 4.43. The molecule has 21 heavy (non-hydrogen) atoms. The molecule has 2 N–H and O–H groups in total. The Morgan fingerprint density at radius 2 is 2.38 bits per heavy atom. The van der Waals surface area contributed by atoms with E-state index < -0.39 is 0 Å². The fourth-order valence-corrected chi connectivity index (χ4v) is 3.03. The second kappa shape index (κ2) is 8.02. The molecule has 0 aliphatic carbocycles. The van der Waals surface area contributed by atoms with Gasteiger partial charge in [0, 0.05) is 37.0 Å². The van der Waals surface area contributed by atoms with Crippen molar-refractivity contribution in [3.05, 3.63) is 22.4 Å². The van der Waals surface area contributed by atoms with Crippen LogP contribution in [0.4, 0.5) is 0 Å². The van der Waals surface area contributed by atoms with Crippen molar-refractivity contribution >= 4 is 23.2 Å². The van der Waals surface area contributed by atoms with Crippen molar-refractivity contribution in [3.63, 3.8) is 0 Å². The molecule has 0 saturated carbocycles. The molecular formula is C15H24N4OS. The number of amides is 1. The number of hydrogen-bond acceptors (Lipinski definition) is 3. The molecule has 1 amide bonds. The van der Waals surface area contributed by atoms with Gasteiger partial charge < -0.3 is 15.5 Å². The lowest BCUT2D eigenvalue weighted by Crippen LogP contribution is -2.45. The highest BCUT2D eigenvalue weighted by Crippen LogP contribution is 2.11. The summed E-state index contributed by atoms with van der Waals surface area (Å²) < 4.78 is 0. The Morgan fingerprint density at radius 1 is 1.52 bits per heavy atom. The molecule has 1 saturated heterocycles. The molecule has 1 aromatic heterocycles. The number of aliphatic imine (C=N–C) groups is 1. The molecular weight excluding hydrogens is 284 g/mol. The van der Waals surface area contributed by atoms with E-state index >= 15 is 0 Å². The lowest BCUT2D eigenvalue weighted by atomic mass is 10.3. The van der Waals surface area contributed by atoms with Crippen molar-refractivity contribution in [1.29, 1.82) is 0 Å². The predicted molar refractivity (Wildman–Crippen MR) is 87.5 cm³/mol. The van der Waals surface area contributed by atoms with Gasteiger partial charge in [-0.1, -0.05) is 13.0 Å². The molecule has 0 spiro atoms. The Bertz CT molecular complexity index is 472. The van der Waals surface area contributed by atoms with E-state index in [2.05, 4.69) is 34.0 Å². The van der Waals surface area contributed by atoms with Crippen molar-refractivity contribution in [1.82, 2.24) is 15.5 Å². The molecule has 116 valence electrons. The summed E-state index contributed by atoms with van der Waals surface area (Å²) in [5.41, 5.74) is 0. The molecule has 0 bridgehead atoms. The molecule has 1 unspecified atom stereocenters. The van der Waals surface area contributed by atoms with Gasteiger partial charge in [0.05, 0.1) is 6.54 Å². The molecule has 0 aromatic carbocycles. The van der Waals surface area contributed by atoms with Crippen LogP contribution in [-0.4, -0.2) is 42.4 Å². The minimum absolute atomic E-state index is 0.236. The van der Waals surface area contributed by atoms with E-state index in [1.54, 1.807) is 11.3 Å². The molecule has 6 heteroatoms. The third kappa shape index (κ3) is 4.74. The number of thiophene rings is 1. The van der Waals surface area contributed by atoms with Gasteiger partial charge in [0.25, 0.3) is 0 Å². The Labute approximate surface area is 130 Å². The van der Waals surface area contributed by atoms with Crippen LogP contribution in [0.5, 0.6) is 0 Å². The van der Waals surface area contributed by atoms with Crippen LogP contribution in [0.2, 0.25) is 0 Å². The smallest absolute Gasteiger partial charge is 0.222 e. The van der Waals surface area contributed by atoms with E-state index in [4.69, 9.17) is 0 Å². The number of guanidine groups is 1. The fourth-order valence-electron chi connectivity index (χ4n) is 2.40. The maximum atomic E-state index is 11.7. The van der Waals surface area contributed by atoms with E-state index in [1.165, 1.54) is 4.88 Å². The van der Waals surface area contributed by atoms with Crippen molar-refractivity contribution < 1.29 is 4.79 Å². The SMILES string of the molecule is CCNC(=NCc1cccs1)NC1CCN(C(=O)CC)C1. The summed E-state index contributed by atoms with van der Waals surface area (Å²) in [7, 11) is 0. The summed E-state index contributed by atoms with van der Waals surface area (Å²) >= 11 is 1.72. The highest BCUT2D eigenvalue weighted by atomic mass is 32.1. The maximum Gasteiger partial charge on any atom is 0.222 e. The van der Waals surface area contributed by atoms with E-state index in [-0.39, 0.29) is 5.91 Å². The molecule has 0 radical (unpaired) electrons. The third-order valence-corrected chi connectivity index (χ3v) is 4.36. The highest BCUT2D eigenvalue weighted by Gasteiger charge is 2.25. The van der Waals surface area contributed by atoms with Crippen LogP contribution >= 0.6 is 11.3 Å². The van der Waals surface area contributed by atoms with Crippen LogP contribution in [0.15, 0.2) is 22.5 Å². The van der Waals surface area contributed by atoms with Gasteiger partial charge in [0.2, 0.25) is 5.91 Å². The van der Waals surface area contributed by atoms with Crippen LogP contribution in [0, 0.1) is 0 Å². The summed E-state index contributed by atoms with van der Waals surface area (Å²) in [4.78, 5) is 19.5. The van der Waals surface area contributed by atoms with Crippen molar-refractivity contribution in [2.45, 2.75) is 39.3 Å². The first-order valence-corrected chi connectivity index (χ1v) is 8.45. The quantitative estimate of drug-likeness (QED) is 0.644. The van der Waals surface area contributed by atoms with Crippen molar-refractivity contribution in [3.8, 4) is 0 Å². The van der Waals surface area contributed by atoms with Gasteiger partial charge in [0.1, 0.15) is 0 Å². The fraction of sp³-hybridized carbons (Fsp3) is 0.600. The Kier molecular flexibility index (Phi) is 6.04. The van der Waals surface area contributed by atoms with E-state index in [0.717, 1.165) is 32.0 Å². The van der Waals surface area contributed by atoms with Crippen LogP contribution in [0.25, 0.3) is 0 Å². The van der Waals surface area contributed by atoms with Gasteiger partial charge in [-0.15, -0.1) is 11.3 Å². The minimum Gasteiger partial charge on any atom is -0.357 e. The zero-order chi connectivity index (χ0) is 15.1. The van der Waals surface area contributed by atoms with Gasteiger partial charge in [-0.2, -0.15) is 0 Å². The van der Waals surface area contributed by atoms with Crippen LogP contribution in [0.3, 0.4) is 0 Å². The summed E-state index contributed by atoms with van der Waals surface area (Å²) in [5.74, 6) is 1.07. The molecule has 1 aromatic rings. The van der Waals surface area contributed by atoms with Gasteiger partial charge in [-0.25, -0.2) is 4.99 Å². The zero-order valence-electron chi connectivity index (χ0n) is 12.8. The van der Waals surface area contributed by atoms with Gasteiger partial charge in [-0.3, -0.25) is 4.79 Å². The third-order valence-electron chi connectivity index (χ3n) is 3.50. The first-order valence-electron chi connectivity index (χ1n) is 7.58. The summed E-state index contributed by atoms with van der Waals surface area (Å²) in [6.45, 7) is 7.11. The van der Waals surface area contributed by atoms with Crippen molar-refractivity contribution in [2.75, 3.05) is 19.6 Å². The van der Waals surface area contributed by atoms with E-state index in [9.17, 15) is 4.79 Å². The zero-order valence-corrected chi connectivity index (χ0v) is 13.6. The Balaban J connectivity index is 1.88. The first-order chi connectivity index (χ1) is 10.2. The minimum atomic E-state index is 0.236. The Morgan fingerprint density at radius 3 is 3.05 bits per heavy atom. The average Bonchev–Trinajstić information content (AvgIpc) is 3.15. The predicted octanol–water partition coefficient (Wildman–Crippen LogP) is 1.81. The monoisotopic (exact) mass is 308 g/mol. The molecule has 2 heterocycles. The molecule has 5 nitrogen and oxygen atoms in total. The molecule has 2 rings (SSSR count). The standard InChI is InChI=1S/C15H24N4OS/c1-3-14(20)19-8-7-12(11-19)18-15(16-4-2)17-10-13-6-5-9-21-13/h5-6,9,12H,3-4,7-8,10-11H2,1-2H3,(H2,16,17,18). The van der Waals surface area contributed by atoms with Gasteiger partial charge in [0.15, 0.2) is 5.96 Å². The second-order valence-electron chi connectivity index (χ2n) is 5.10. The Hall–Kier alpha value is -1.56. The molecule has 1 aliphatic heterocycles. The lowest BCUT2D eigenvalue weighted by Gasteiger charge is -2.18. The van der Waals surface area contributed by atoms with E-state index in [1.807, 2.05) is 17.9 Å². The molecule has 1 aliphatic rings. The topological polar surface area (TPSA) is 56.7 Å². The second-order valence-corrected chi connectivity index (χ2v) is 6.13. The van der Waals surface area contributed by atoms with E-state index in [0.29, 0.717) is 19.0 Å². The maximum absolute atomic E-state index is 11.7. The number of hydrogen-bond donors (Lipinski definition) is 2. The first kappa shape index (κ1) is 15.8. The van der Waals surface area contributed by atoms with Crippen molar-refractivity contribution in [2.24, 2.45) is 4.99 Å². The number of carbonyl (C=O) groups excluding carboxylic acids is 1. The van der Waals surface area contributed by atoms with Gasteiger partial charge >= 0.3 is 0 Å². The molecule has 1 fully saturated rings. The number of carbonyl (C=O) groups is 1. The normalized spacial score (nSPS) is 18.9. The largest absolute Gasteiger partial charge is 0.357 e. The van der Waals surface area contributed by atoms with Crippen LogP contribution in [-0.2, 0) is 11.3 Å².